The summed E-state index contributed by atoms with van der Waals surface area (Å²) in [6.07, 6.45) is -5.23. The molecule has 7 nitrogen and oxygen atoms in total. The number of benzene rings is 1. The molecule has 170 valence electrons. The van der Waals surface area contributed by atoms with Gasteiger partial charge in [0.05, 0.1) is 15.0 Å². The fraction of sp³-hybridized carbons (Fsp3) is 0.375. The smallest absolute Gasteiger partial charge is 0.304 e. The summed E-state index contributed by atoms with van der Waals surface area (Å²) in [6, 6.07) is 2.18. The Hall–Kier alpha value is -1.46. The number of hydrogen-bond donors (Lipinski definition) is 1. The molecule has 0 unspecified atom stereocenters. The van der Waals surface area contributed by atoms with Crippen molar-refractivity contribution in [3.63, 3.8) is 0 Å². The van der Waals surface area contributed by atoms with E-state index in [2.05, 4.69) is 10.4 Å². The summed E-state index contributed by atoms with van der Waals surface area (Å²) >= 11 is 29.6. The van der Waals surface area contributed by atoms with E-state index in [-0.39, 0.29) is 15.6 Å². The number of carbonyl (C=O) groups excluding carboxylic acids is 1. The zero-order chi connectivity index (χ0) is 24.1. The summed E-state index contributed by atoms with van der Waals surface area (Å²) in [5.74, 6) is -1.71. The number of nitrogens with zero attached hydrogens (tertiary/aromatic N) is 3. The topological polar surface area (TPSA) is 90.1 Å². The van der Waals surface area contributed by atoms with Crippen molar-refractivity contribution in [2.45, 2.75) is 30.7 Å². The maximum Gasteiger partial charge on any atom is 0.442 e. The lowest BCUT2D eigenvalue weighted by Gasteiger charge is -2.19. The van der Waals surface area contributed by atoms with Crippen molar-refractivity contribution in [3.05, 3.63) is 43.5 Å². The van der Waals surface area contributed by atoms with Crippen molar-refractivity contribution < 1.29 is 22.9 Å². The van der Waals surface area contributed by atoms with Gasteiger partial charge in [-0.05, 0) is 12.1 Å². The number of hydrogen-bond acceptors (Lipinski definition) is 4. The maximum atomic E-state index is 13.5. The molecule has 0 aliphatic heterocycles. The van der Waals surface area contributed by atoms with Crippen LogP contribution >= 0.6 is 58.0 Å². The van der Waals surface area contributed by atoms with Crippen LogP contribution in [-0.4, -0.2) is 20.6 Å². The minimum Gasteiger partial charge on any atom is -0.304 e. The molecule has 15 heteroatoms. The number of carbonyl (C=O) groups is 1. The molecular weight excluding hydrogens is 530 g/mol. The van der Waals surface area contributed by atoms with E-state index in [0.29, 0.717) is 4.68 Å². The standard InChI is InChI=1S/C16H12Cl5F3N4O3/c1-14(2,3)13(29)25-12-10(28(30)31)11(16(22,23)24)26-27(12)9-7(17)4-6(5-8(9)18)15(19,20)21/h4-5H,1-3H3,(H,25,29). The molecule has 0 saturated heterocycles. The highest BCUT2D eigenvalue weighted by molar-refractivity contribution is 6.66. The third kappa shape index (κ3) is 5.48. The summed E-state index contributed by atoms with van der Waals surface area (Å²) in [5.41, 5.74) is -4.88. The SMILES string of the molecule is CC(C)(C)C(=O)Nc1c([N+](=O)[O-])c(C(F)(F)F)nn1-c1c(Cl)cc(C(Cl)(Cl)Cl)cc1Cl. The molecule has 1 amide bonds. The highest BCUT2D eigenvalue weighted by Crippen LogP contribution is 2.46. The zero-order valence-corrected chi connectivity index (χ0v) is 19.5. The Balaban J connectivity index is 2.90. The lowest BCUT2D eigenvalue weighted by molar-refractivity contribution is -0.387. The van der Waals surface area contributed by atoms with Crippen LogP contribution in [0, 0.1) is 15.5 Å². The van der Waals surface area contributed by atoms with Gasteiger partial charge in [0.1, 0.15) is 5.69 Å². The first kappa shape index (κ1) is 25.8. The number of nitrogens with one attached hydrogen (secondary N) is 1. The van der Waals surface area contributed by atoms with Gasteiger partial charge in [-0.25, -0.2) is 4.68 Å². The van der Waals surface area contributed by atoms with Gasteiger partial charge >= 0.3 is 11.9 Å². The van der Waals surface area contributed by atoms with Gasteiger partial charge in [0.2, 0.25) is 21.2 Å². The Kier molecular flexibility index (Phi) is 7.05. The van der Waals surface area contributed by atoms with Gasteiger partial charge in [0, 0.05) is 11.0 Å². The molecular formula is C16H12Cl5F3N4O3. The molecule has 1 N–H and O–H groups in total. The van der Waals surface area contributed by atoms with Crippen LogP contribution in [0.25, 0.3) is 5.69 Å². The van der Waals surface area contributed by atoms with E-state index in [9.17, 15) is 28.1 Å². The Morgan fingerprint density at radius 3 is 1.97 bits per heavy atom. The molecule has 2 rings (SSSR count). The van der Waals surface area contributed by atoms with Gasteiger partial charge in [-0.2, -0.15) is 18.3 Å². The number of alkyl halides is 6. The summed E-state index contributed by atoms with van der Waals surface area (Å²) < 4.78 is 39.0. The first-order valence-electron chi connectivity index (χ1n) is 8.08. The number of anilines is 1. The third-order valence-electron chi connectivity index (χ3n) is 3.78. The van der Waals surface area contributed by atoms with E-state index in [0.717, 1.165) is 12.1 Å². The summed E-state index contributed by atoms with van der Waals surface area (Å²) in [4.78, 5) is 22.6. The quantitative estimate of drug-likeness (QED) is 0.259. The van der Waals surface area contributed by atoms with Gasteiger partial charge in [0.25, 0.3) is 0 Å². The number of rotatable bonds is 3. The fourth-order valence-electron chi connectivity index (χ4n) is 2.27. The Morgan fingerprint density at radius 2 is 1.61 bits per heavy atom. The average molecular weight is 543 g/mol. The minimum atomic E-state index is -5.23. The predicted octanol–water partition coefficient (Wildman–Crippen LogP) is 6.92. The van der Waals surface area contributed by atoms with E-state index in [1.165, 1.54) is 20.8 Å². The molecule has 0 radical (unpaired) electrons. The summed E-state index contributed by atoms with van der Waals surface area (Å²) in [5, 5.41) is 16.2. The average Bonchev–Trinajstić information content (AvgIpc) is 2.92. The molecule has 0 aliphatic carbocycles. The Bertz CT molecular complexity index is 1040. The van der Waals surface area contributed by atoms with Gasteiger partial charge in [-0.1, -0.05) is 78.8 Å². The Labute approximate surface area is 198 Å². The molecule has 1 heterocycles. The minimum absolute atomic E-state index is 0.0192. The van der Waals surface area contributed by atoms with E-state index < -0.39 is 49.1 Å². The lowest BCUT2D eigenvalue weighted by atomic mass is 9.96. The van der Waals surface area contributed by atoms with Gasteiger partial charge < -0.3 is 5.32 Å². The van der Waals surface area contributed by atoms with Crippen molar-refractivity contribution in [3.8, 4) is 5.69 Å². The number of aromatic nitrogens is 2. The zero-order valence-electron chi connectivity index (χ0n) is 15.7. The molecule has 0 aliphatic rings. The molecule has 0 bridgehead atoms. The van der Waals surface area contributed by atoms with Crippen LogP contribution < -0.4 is 5.32 Å². The van der Waals surface area contributed by atoms with Crippen LogP contribution in [0.15, 0.2) is 12.1 Å². The first-order chi connectivity index (χ1) is 13.9. The van der Waals surface area contributed by atoms with Crippen molar-refractivity contribution in [1.29, 1.82) is 0 Å². The van der Waals surface area contributed by atoms with E-state index in [1.807, 2.05) is 0 Å². The van der Waals surface area contributed by atoms with Crippen LogP contribution in [0.2, 0.25) is 10.0 Å². The molecule has 1 aromatic heterocycles. The lowest BCUT2D eigenvalue weighted by Crippen LogP contribution is -2.29. The third-order valence-corrected chi connectivity index (χ3v) is 5.01. The van der Waals surface area contributed by atoms with Crippen molar-refractivity contribution in [2.75, 3.05) is 5.32 Å². The molecule has 2 aromatic rings. The van der Waals surface area contributed by atoms with Crippen LogP contribution in [0.3, 0.4) is 0 Å². The fourth-order valence-corrected chi connectivity index (χ4v) is 3.25. The second kappa shape index (κ2) is 8.47. The van der Waals surface area contributed by atoms with Crippen molar-refractivity contribution >= 4 is 75.4 Å². The monoisotopic (exact) mass is 540 g/mol. The van der Waals surface area contributed by atoms with Crippen LogP contribution in [0.5, 0.6) is 0 Å². The Morgan fingerprint density at radius 1 is 1.13 bits per heavy atom. The molecule has 31 heavy (non-hydrogen) atoms. The number of halogens is 8. The van der Waals surface area contributed by atoms with Crippen molar-refractivity contribution in [1.82, 2.24) is 9.78 Å². The van der Waals surface area contributed by atoms with Gasteiger partial charge in [-0.3, -0.25) is 14.9 Å². The van der Waals surface area contributed by atoms with Gasteiger partial charge in [0.15, 0.2) is 0 Å². The second-order valence-corrected chi connectivity index (χ2v) is 10.3. The van der Waals surface area contributed by atoms with E-state index in [1.54, 1.807) is 0 Å². The predicted molar refractivity (Wildman–Crippen MR) is 113 cm³/mol. The number of amides is 1. The summed E-state index contributed by atoms with van der Waals surface area (Å²) in [7, 11) is 0. The summed E-state index contributed by atoms with van der Waals surface area (Å²) in [6.45, 7) is 4.36. The highest BCUT2D eigenvalue weighted by Gasteiger charge is 2.47. The molecule has 0 fully saturated rings. The highest BCUT2D eigenvalue weighted by atomic mass is 35.6. The largest absolute Gasteiger partial charge is 0.442 e. The van der Waals surface area contributed by atoms with Gasteiger partial charge in [-0.15, -0.1) is 0 Å². The molecule has 0 saturated carbocycles. The maximum absolute atomic E-state index is 13.5. The van der Waals surface area contributed by atoms with Crippen molar-refractivity contribution in [2.24, 2.45) is 5.41 Å². The second-order valence-electron chi connectivity index (χ2n) is 7.20. The van der Waals surface area contributed by atoms with E-state index in [4.69, 9.17) is 58.0 Å². The molecule has 1 aromatic carbocycles. The number of nitro groups is 1. The van der Waals surface area contributed by atoms with Crippen LogP contribution in [-0.2, 0) is 14.8 Å². The van der Waals surface area contributed by atoms with E-state index >= 15 is 0 Å². The van der Waals surface area contributed by atoms with Crippen LogP contribution in [0.4, 0.5) is 24.7 Å². The normalized spacial score (nSPS) is 12.7. The molecule has 0 spiro atoms. The molecule has 0 atom stereocenters. The van der Waals surface area contributed by atoms with Crippen LogP contribution in [0.1, 0.15) is 32.0 Å². The first-order valence-corrected chi connectivity index (χ1v) is 9.97.